The van der Waals surface area contributed by atoms with Crippen molar-refractivity contribution < 1.29 is 18.7 Å². The van der Waals surface area contributed by atoms with Crippen LogP contribution in [-0.2, 0) is 11.2 Å². The van der Waals surface area contributed by atoms with E-state index in [2.05, 4.69) is 5.32 Å². The van der Waals surface area contributed by atoms with Gasteiger partial charge in [-0.25, -0.2) is 4.39 Å². The summed E-state index contributed by atoms with van der Waals surface area (Å²) in [5.74, 6) is 1.39. The molecule has 5 rings (SSSR count). The first-order chi connectivity index (χ1) is 14.6. The first-order valence-electron chi connectivity index (χ1n) is 9.62. The van der Waals surface area contributed by atoms with Gasteiger partial charge in [0.15, 0.2) is 0 Å². The highest BCUT2D eigenvalue weighted by Gasteiger charge is 2.39. The van der Waals surface area contributed by atoms with E-state index in [-0.39, 0.29) is 11.7 Å². The molecule has 1 atom stereocenters. The normalized spacial score (nSPS) is 17.6. The summed E-state index contributed by atoms with van der Waals surface area (Å²) in [6.07, 6.45) is -0.0532. The van der Waals surface area contributed by atoms with E-state index in [4.69, 9.17) is 9.47 Å². The first-order valence-corrected chi connectivity index (χ1v) is 9.62. The molecular formula is C24H19FN2O3. The van der Waals surface area contributed by atoms with Crippen molar-refractivity contribution in [1.82, 2.24) is 5.32 Å². The van der Waals surface area contributed by atoms with Gasteiger partial charge in [0.05, 0.1) is 12.7 Å². The van der Waals surface area contributed by atoms with Gasteiger partial charge in [0.1, 0.15) is 23.5 Å². The SMILES string of the molecule is COc1ccc(C2NC(=O)C3=C(Oc4ccccc4C3)N2c2ccc(F)cc2)cc1. The number of ether oxygens (including phenoxy) is 2. The van der Waals surface area contributed by atoms with Crippen LogP contribution in [0.5, 0.6) is 11.5 Å². The summed E-state index contributed by atoms with van der Waals surface area (Å²) in [4.78, 5) is 14.9. The second-order valence-corrected chi connectivity index (χ2v) is 7.17. The van der Waals surface area contributed by atoms with Gasteiger partial charge in [-0.15, -0.1) is 0 Å². The first kappa shape index (κ1) is 18.2. The topological polar surface area (TPSA) is 50.8 Å². The van der Waals surface area contributed by atoms with Gasteiger partial charge in [-0.05, 0) is 53.6 Å². The Kier molecular flexibility index (Phi) is 4.39. The van der Waals surface area contributed by atoms with Crippen LogP contribution in [0.1, 0.15) is 17.3 Å². The minimum Gasteiger partial charge on any atom is -0.497 e. The number of carbonyl (C=O) groups excluding carboxylic acids is 1. The number of anilines is 1. The van der Waals surface area contributed by atoms with Gasteiger partial charge in [-0.3, -0.25) is 9.69 Å². The van der Waals surface area contributed by atoms with Crippen LogP contribution in [0, 0.1) is 5.82 Å². The minimum absolute atomic E-state index is 0.182. The molecule has 5 nitrogen and oxygen atoms in total. The van der Waals surface area contributed by atoms with E-state index < -0.39 is 6.17 Å². The number of methoxy groups -OCH3 is 1. The molecular weight excluding hydrogens is 383 g/mol. The molecule has 2 heterocycles. The van der Waals surface area contributed by atoms with Crippen molar-refractivity contribution in [1.29, 1.82) is 0 Å². The lowest BCUT2D eigenvalue weighted by Crippen LogP contribution is -2.49. The smallest absolute Gasteiger partial charge is 0.254 e. The van der Waals surface area contributed by atoms with Gasteiger partial charge in [0.25, 0.3) is 5.91 Å². The van der Waals surface area contributed by atoms with Crippen LogP contribution < -0.4 is 19.7 Å². The Bertz CT molecular complexity index is 1140. The number of amides is 1. The molecule has 1 unspecified atom stereocenters. The van der Waals surface area contributed by atoms with Crippen LogP contribution in [-0.4, -0.2) is 13.0 Å². The zero-order valence-corrected chi connectivity index (χ0v) is 16.3. The van der Waals surface area contributed by atoms with Crippen LogP contribution in [0.25, 0.3) is 0 Å². The Morgan fingerprint density at radius 2 is 1.77 bits per heavy atom. The van der Waals surface area contributed by atoms with E-state index in [0.717, 1.165) is 16.9 Å². The van der Waals surface area contributed by atoms with Crippen molar-refractivity contribution in [3.63, 3.8) is 0 Å². The van der Waals surface area contributed by atoms with E-state index in [0.29, 0.717) is 29.3 Å². The molecule has 0 saturated heterocycles. The molecule has 2 aliphatic heterocycles. The number of para-hydroxylation sites is 1. The summed E-state index contributed by atoms with van der Waals surface area (Å²) < 4.78 is 25.1. The summed E-state index contributed by atoms with van der Waals surface area (Å²) in [7, 11) is 1.60. The van der Waals surface area contributed by atoms with Gasteiger partial charge in [0.2, 0.25) is 5.88 Å². The number of rotatable bonds is 3. The highest BCUT2D eigenvalue weighted by molar-refractivity contribution is 5.97. The quantitative estimate of drug-likeness (QED) is 0.709. The van der Waals surface area contributed by atoms with Crippen LogP contribution in [0.2, 0.25) is 0 Å². The summed E-state index contributed by atoms with van der Waals surface area (Å²) in [5.41, 5.74) is 3.06. The average molecular weight is 402 g/mol. The van der Waals surface area contributed by atoms with Gasteiger partial charge in [-0.2, -0.15) is 0 Å². The van der Waals surface area contributed by atoms with E-state index in [1.165, 1.54) is 12.1 Å². The highest BCUT2D eigenvalue weighted by atomic mass is 19.1. The van der Waals surface area contributed by atoms with Crippen LogP contribution in [0.4, 0.5) is 10.1 Å². The number of halogens is 1. The molecule has 0 radical (unpaired) electrons. The molecule has 2 aliphatic rings. The monoisotopic (exact) mass is 402 g/mol. The number of nitrogens with one attached hydrogen (secondary N) is 1. The lowest BCUT2D eigenvalue weighted by atomic mass is 9.98. The molecule has 1 amide bonds. The molecule has 0 bridgehead atoms. The molecule has 0 spiro atoms. The minimum atomic E-state index is -0.516. The fourth-order valence-corrected chi connectivity index (χ4v) is 3.83. The number of carbonyl (C=O) groups is 1. The standard InChI is InChI=1S/C24H19FN2O3/c1-29-19-12-6-15(7-13-19)22-26-23(28)20-14-16-4-2-3-5-21(16)30-24(20)27(22)18-10-8-17(25)9-11-18/h2-13,22H,14H2,1H3,(H,26,28). The van der Waals surface area contributed by atoms with Crippen LogP contribution in [0.3, 0.4) is 0 Å². The van der Waals surface area contributed by atoms with Crippen molar-refractivity contribution in [2.24, 2.45) is 0 Å². The zero-order chi connectivity index (χ0) is 20.7. The summed E-state index contributed by atoms with van der Waals surface area (Å²) in [6.45, 7) is 0. The molecule has 0 fully saturated rings. The number of hydrogen-bond donors (Lipinski definition) is 1. The van der Waals surface area contributed by atoms with Gasteiger partial charge in [-0.1, -0.05) is 30.3 Å². The number of hydrogen-bond acceptors (Lipinski definition) is 4. The molecule has 3 aromatic carbocycles. The molecule has 0 aliphatic carbocycles. The van der Waals surface area contributed by atoms with E-state index in [1.54, 1.807) is 19.2 Å². The van der Waals surface area contributed by atoms with Crippen molar-refractivity contribution in [2.45, 2.75) is 12.6 Å². The molecule has 150 valence electrons. The second kappa shape index (κ2) is 7.22. The highest BCUT2D eigenvalue weighted by Crippen LogP contribution is 2.40. The molecule has 0 saturated carbocycles. The van der Waals surface area contributed by atoms with Gasteiger partial charge >= 0.3 is 0 Å². The molecule has 1 N–H and O–H groups in total. The Hall–Kier alpha value is -3.80. The van der Waals surface area contributed by atoms with Crippen molar-refractivity contribution >= 4 is 11.6 Å². The maximum absolute atomic E-state index is 13.6. The fourth-order valence-electron chi connectivity index (χ4n) is 3.83. The average Bonchev–Trinajstić information content (AvgIpc) is 2.79. The third-order valence-corrected chi connectivity index (χ3v) is 5.36. The maximum atomic E-state index is 13.6. The lowest BCUT2D eigenvalue weighted by molar-refractivity contribution is -0.119. The Labute approximate surface area is 173 Å². The lowest BCUT2D eigenvalue weighted by Gasteiger charge is -2.41. The van der Waals surface area contributed by atoms with E-state index in [1.807, 2.05) is 53.4 Å². The van der Waals surface area contributed by atoms with Crippen molar-refractivity contribution in [2.75, 3.05) is 12.0 Å². The Balaban J connectivity index is 1.64. The summed E-state index contributed by atoms with van der Waals surface area (Å²) >= 11 is 0. The summed E-state index contributed by atoms with van der Waals surface area (Å²) in [5, 5.41) is 3.08. The third kappa shape index (κ3) is 3.06. The van der Waals surface area contributed by atoms with E-state index in [9.17, 15) is 9.18 Å². The summed E-state index contributed by atoms with van der Waals surface area (Å²) in [6, 6.07) is 21.3. The fraction of sp³-hybridized carbons (Fsp3) is 0.125. The van der Waals surface area contributed by atoms with Crippen molar-refractivity contribution in [3.8, 4) is 11.5 Å². The largest absolute Gasteiger partial charge is 0.497 e. The predicted octanol–water partition coefficient (Wildman–Crippen LogP) is 4.32. The maximum Gasteiger partial charge on any atom is 0.254 e. The van der Waals surface area contributed by atoms with Gasteiger partial charge < -0.3 is 14.8 Å². The second-order valence-electron chi connectivity index (χ2n) is 7.17. The number of benzene rings is 3. The van der Waals surface area contributed by atoms with Crippen LogP contribution in [0.15, 0.2) is 84.3 Å². The third-order valence-electron chi connectivity index (χ3n) is 5.36. The number of nitrogens with zero attached hydrogens (tertiary/aromatic N) is 1. The zero-order valence-electron chi connectivity index (χ0n) is 16.3. The van der Waals surface area contributed by atoms with E-state index >= 15 is 0 Å². The Morgan fingerprint density at radius 1 is 1.03 bits per heavy atom. The molecule has 3 aromatic rings. The predicted molar refractivity (Wildman–Crippen MR) is 111 cm³/mol. The van der Waals surface area contributed by atoms with Gasteiger partial charge in [0, 0.05) is 12.1 Å². The molecule has 6 heteroatoms. The van der Waals surface area contributed by atoms with Crippen molar-refractivity contribution in [3.05, 3.63) is 101 Å². The van der Waals surface area contributed by atoms with Crippen LogP contribution >= 0.6 is 0 Å². The number of fused-ring (bicyclic) bond motifs is 1. The Morgan fingerprint density at radius 3 is 2.50 bits per heavy atom. The molecule has 30 heavy (non-hydrogen) atoms. The molecule has 0 aromatic heterocycles.